The topological polar surface area (TPSA) is 60.7 Å². The Hall–Kier alpha value is -1.69. The van der Waals surface area contributed by atoms with Gasteiger partial charge in [-0.1, -0.05) is 6.92 Å². The van der Waals surface area contributed by atoms with Crippen molar-refractivity contribution in [2.45, 2.75) is 45.6 Å². The zero-order valence-corrected chi connectivity index (χ0v) is 13.3. The molecule has 2 atom stereocenters. The summed E-state index contributed by atoms with van der Waals surface area (Å²) in [5.74, 6) is 0.302. The molecule has 2 aromatic heterocycles. The number of esters is 1. The van der Waals surface area contributed by atoms with Gasteiger partial charge < -0.3 is 4.74 Å². The van der Waals surface area contributed by atoms with Crippen LogP contribution in [0, 0.1) is 11.8 Å². The van der Waals surface area contributed by atoms with Gasteiger partial charge in [-0.2, -0.15) is 0 Å². The first kappa shape index (κ1) is 13.9. The highest BCUT2D eigenvalue weighted by atomic mass is 32.1. The minimum absolute atomic E-state index is 0.0406. The van der Waals surface area contributed by atoms with Crippen LogP contribution in [0.3, 0.4) is 0 Å². The summed E-state index contributed by atoms with van der Waals surface area (Å²) in [5.41, 5.74) is 1.61. The molecular formula is C16H18N2O3S. The molecule has 0 aromatic carbocycles. The summed E-state index contributed by atoms with van der Waals surface area (Å²) >= 11 is 1.59. The first-order valence-electron chi connectivity index (χ1n) is 7.83. The number of aromatic nitrogens is 2. The predicted octanol–water partition coefficient (Wildman–Crippen LogP) is 2.33. The lowest BCUT2D eigenvalue weighted by molar-refractivity contribution is -0.147. The van der Waals surface area contributed by atoms with E-state index in [1.54, 1.807) is 15.7 Å². The van der Waals surface area contributed by atoms with E-state index >= 15 is 0 Å². The molecule has 22 heavy (non-hydrogen) atoms. The number of fused-ring (bicyclic) bond motifs is 3. The van der Waals surface area contributed by atoms with Gasteiger partial charge >= 0.3 is 5.97 Å². The van der Waals surface area contributed by atoms with Gasteiger partial charge in [0.25, 0.3) is 5.56 Å². The lowest BCUT2D eigenvalue weighted by atomic mass is 10.0. The van der Waals surface area contributed by atoms with Crippen molar-refractivity contribution in [3.63, 3.8) is 0 Å². The zero-order chi connectivity index (χ0) is 15.3. The summed E-state index contributed by atoms with van der Waals surface area (Å²) in [6.45, 7) is 2.13. The van der Waals surface area contributed by atoms with Crippen LogP contribution in [-0.2, 0) is 29.0 Å². The molecule has 0 spiro atoms. The molecule has 0 aliphatic heterocycles. The quantitative estimate of drug-likeness (QED) is 0.815. The maximum atomic E-state index is 12.4. The molecule has 0 radical (unpaired) electrons. The third-order valence-electron chi connectivity index (χ3n) is 4.59. The molecule has 0 bridgehead atoms. The third-order valence-corrected chi connectivity index (χ3v) is 5.73. The summed E-state index contributed by atoms with van der Waals surface area (Å²) in [6, 6.07) is 1.50. The van der Waals surface area contributed by atoms with Crippen LogP contribution in [0.1, 0.15) is 42.5 Å². The molecular weight excluding hydrogens is 300 g/mol. The molecule has 116 valence electrons. The number of aryl methyl sites for hydroxylation is 2. The average Bonchev–Trinajstić information content (AvgIpc) is 3.10. The second-order valence-corrected chi connectivity index (χ2v) is 7.37. The van der Waals surface area contributed by atoms with E-state index in [1.165, 1.54) is 17.4 Å². The van der Waals surface area contributed by atoms with Gasteiger partial charge in [0.05, 0.1) is 11.6 Å². The van der Waals surface area contributed by atoms with E-state index in [9.17, 15) is 9.59 Å². The van der Waals surface area contributed by atoms with Gasteiger partial charge in [0.1, 0.15) is 6.61 Å². The second kappa shape index (κ2) is 5.19. The highest BCUT2D eigenvalue weighted by molar-refractivity contribution is 7.17. The monoisotopic (exact) mass is 318 g/mol. The molecule has 4 rings (SSSR count). The lowest BCUT2D eigenvalue weighted by Crippen LogP contribution is -2.19. The standard InChI is InChI=1S/C16H18N2O3S/c1-9-6-11(9)15(20)21-8-10-7-14(19)18-12-4-2-3-5-13(12)22-16(18)17-10/h7,9,11H,2-6,8H2,1H3/t9-,11-/m1/s1. The van der Waals surface area contributed by atoms with Crippen LogP contribution in [0.2, 0.25) is 0 Å². The van der Waals surface area contributed by atoms with E-state index in [4.69, 9.17) is 4.74 Å². The largest absolute Gasteiger partial charge is 0.459 e. The van der Waals surface area contributed by atoms with Gasteiger partial charge in [0.2, 0.25) is 0 Å². The molecule has 1 saturated carbocycles. The molecule has 2 aromatic rings. The molecule has 6 heteroatoms. The van der Waals surface area contributed by atoms with Crippen molar-refractivity contribution in [3.8, 4) is 0 Å². The molecule has 0 unspecified atom stereocenters. The molecule has 5 nitrogen and oxygen atoms in total. The van der Waals surface area contributed by atoms with E-state index in [0.717, 1.165) is 36.3 Å². The van der Waals surface area contributed by atoms with E-state index in [0.29, 0.717) is 11.6 Å². The van der Waals surface area contributed by atoms with Crippen molar-refractivity contribution in [1.82, 2.24) is 9.38 Å². The molecule has 2 aliphatic carbocycles. The van der Waals surface area contributed by atoms with E-state index < -0.39 is 0 Å². The minimum atomic E-state index is -0.167. The van der Waals surface area contributed by atoms with Crippen LogP contribution in [0.5, 0.6) is 0 Å². The number of thiazole rings is 1. The molecule has 0 saturated heterocycles. The van der Waals surface area contributed by atoms with Crippen LogP contribution in [0.15, 0.2) is 10.9 Å². The van der Waals surface area contributed by atoms with Crippen LogP contribution >= 0.6 is 11.3 Å². The number of ether oxygens (including phenoxy) is 1. The van der Waals surface area contributed by atoms with Crippen LogP contribution in [0.4, 0.5) is 0 Å². The van der Waals surface area contributed by atoms with Gasteiger partial charge in [-0.3, -0.25) is 14.0 Å². The maximum Gasteiger partial charge on any atom is 0.309 e. The second-order valence-electron chi connectivity index (χ2n) is 6.31. The Morgan fingerprint density at radius 2 is 2.23 bits per heavy atom. The summed E-state index contributed by atoms with van der Waals surface area (Å²) in [5, 5.41) is 0. The smallest absolute Gasteiger partial charge is 0.309 e. The first-order valence-corrected chi connectivity index (χ1v) is 8.65. The number of carbonyl (C=O) groups excluding carboxylic acids is 1. The highest BCUT2D eigenvalue weighted by Gasteiger charge is 2.40. The Morgan fingerprint density at radius 1 is 1.45 bits per heavy atom. The summed E-state index contributed by atoms with van der Waals surface area (Å²) in [7, 11) is 0. The summed E-state index contributed by atoms with van der Waals surface area (Å²) in [4.78, 5) is 30.6. The SMILES string of the molecule is C[C@@H]1C[C@H]1C(=O)OCc1cc(=O)n2c3c(sc2n1)CCCC3. The van der Waals surface area contributed by atoms with E-state index in [1.807, 2.05) is 6.92 Å². The van der Waals surface area contributed by atoms with Crippen molar-refractivity contribution < 1.29 is 9.53 Å². The van der Waals surface area contributed by atoms with Crippen molar-refractivity contribution in [1.29, 1.82) is 0 Å². The van der Waals surface area contributed by atoms with Crippen molar-refractivity contribution in [2.75, 3.05) is 0 Å². The fourth-order valence-electron chi connectivity index (χ4n) is 3.12. The fraction of sp³-hybridized carbons (Fsp3) is 0.562. The highest BCUT2D eigenvalue weighted by Crippen LogP contribution is 2.38. The number of hydrogen-bond acceptors (Lipinski definition) is 5. The van der Waals surface area contributed by atoms with Crippen LogP contribution in [-0.4, -0.2) is 15.4 Å². The zero-order valence-electron chi connectivity index (χ0n) is 12.5. The number of carbonyl (C=O) groups is 1. The van der Waals surface area contributed by atoms with E-state index in [-0.39, 0.29) is 24.1 Å². The Labute approximate surface area is 131 Å². The Bertz CT molecular complexity index is 808. The minimum Gasteiger partial charge on any atom is -0.459 e. The molecule has 2 aliphatic rings. The van der Waals surface area contributed by atoms with Crippen molar-refractivity contribution in [3.05, 3.63) is 32.7 Å². The van der Waals surface area contributed by atoms with Gasteiger partial charge in [0.15, 0.2) is 4.96 Å². The number of rotatable bonds is 3. The summed E-state index contributed by atoms with van der Waals surface area (Å²) in [6.07, 6.45) is 5.20. The first-order chi connectivity index (χ1) is 10.6. The van der Waals surface area contributed by atoms with Gasteiger partial charge in [-0.25, -0.2) is 4.98 Å². The van der Waals surface area contributed by atoms with Crippen LogP contribution in [0.25, 0.3) is 4.96 Å². The third kappa shape index (κ3) is 2.35. The molecule has 1 fully saturated rings. The lowest BCUT2D eigenvalue weighted by Gasteiger charge is -2.10. The Kier molecular flexibility index (Phi) is 3.29. The fourth-order valence-corrected chi connectivity index (χ4v) is 4.35. The van der Waals surface area contributed by atoms with Gasteiger partial charge in [0, 0.05) is 16.6 Å². The van der Waals surface area contributed by atoms with Gasteiger partial charge in [-0.15, -0.1) is 11.3 Å². The van der Waals surface area contributed by atoms with Crippen LogP contribution < -0.4 is 5.56 Å². The van der Waals surface area contributed by atoms with E-state index in [2.05, 4.69) is 4.98 Å². The molecule has 2 heterocycles. The normalized spacial score (nSPS) is 23.3. The van der Waals surface area contributed by atoms with Crippen molar-refractivity contribution in [2.24, 2.45) is 11.8 Å². The average molecular weight is 318 g/mol. The predicted molar refractivity (Wildman–Crippen MR) is 83.0 cm³/mol. The van der Waals surface area contributed by atoms with Crippen molar-refractivity contribution >= 4 is 22.3 Å². The summed E-state index contributed by atoms with van der Waals surface area (Å²) < 4.78 is 7.01. The molecule has 0 N–H and O–H groups in total. The number of nitrogens with zero attached hydrogens (tertiary/aromatic N) is 2. The Balaban J connectivity index is 1.60. The molecule has 0 amide bonds. The maximum absolute atomic E-state index is 12.4. The number of hydrogen-bond donors (Lipinski definition) is 0. The Morgan fingerprint density at radius 3 is 3.00 bits per heavy atom. The van der Waals surface area contributed by atoms with Gasteiger partial charge in [-0.05, 0) is 38.0 Å².